The second-order valence-electron chi connectivity index (χ2n) is 8.43. The maximum Gasteiger partial charge on any atom is 0.255 e. The third kappa shape index (κ3) is 3.80. The molecule has 0 saturated carbocycles. The summed E-state index contributed by atoms with van der Waals surface area (Å²) in [7, 11) is 1.62. The van der Waals surface area contributed by atoms with E-state index in [2.05, 4.69) is 10.6 Å². The number of para-hydroxylation sites is 1. The Morgan fingerprint density at radius 2 is 1.89 bits per heavy atom. The van der Waals surface area contributed by atoms with Gasteiger partial charge in [0, 0.05) is 16.9 Å². The third-order valence-electron chi connectivity index (χ3n) is 6.17. The molecule has 180 valence electrons. The molecule has 1 unspecified atom stereocenters. The highest BCUT2D eigenvalue weighted by atomic mass is 16.7. The van der Waals surface area contributed by atoms with E-state index in [9.17, 15) is 4.79 Å². The number of hydrogen-bond donors (Lipinski definition) is 2. The fraction of sp³-hybridized carbons (Fsp3) is 0.148. The van der Waals surface area contributed by atoms with Crippen molar-refractivity contribution in [1.29, 1.82) is 0 Å². The molecule has 1 amide bonds. The van der Waals surface area contributed by atoms with E-state index in [1.165, 1.54) is 0 Å². The standard InChI is InChI=1S/C27H23N5O4/c1-16-23(26(33)29-19-8-4-3-5-9-19)24(17-11-12-21-22(14-17)36-15-35-21)32-27(28-16)30-25(31-32)18-7-6-10-20(13-18)34-2/h3-14,24H,15H2,1-2H3,(H,29,33)(H,28,30,31). The van der Waals surface area contributed by atoms with Crippen molar-refractivity contribution >= 4 is 17.5 Å². The summed E-state index contributed by atoms with van der Waals surface area (Å²) >= 11 is 0. The summed E-state index contributed by atoms with van der Waals surface area (Å²) in [6.45, 7) is 2.03. The lowest BCUT2D eigenvalue weighted by Crippen LogP contribution is -2.31. The number of fused-ring (bicyclic) bond motifs is 2. The Bertz CT molecular complexity index is 1500. The molecule has 9 heteroatoms. The molecule has 0 saturated heterocycles. The van der Waals surface area contributed by atoms with Crippen molar-refractivity contribution in [3.63, 3.8) is 0 Å². The number of anilines is 2. The summed E-state index contributed by atoms with van der Waals surface area (Å²) in [6.07, 6.45) is 0. The lowest BCUT2D eigenvalue weighted by Gasteiger charge is -2.28. The summed E-state index contributed by atoms with van der Waals surface area (Å²) in [5, 5.41) is 11.1. The largest absolute Gasteiger partial charge is 0.497 e. The molecule has 6 rings (SSSR count). The predicted octanol–water partition coefficient (Wildman–Crippen LogP) is 4.61. The maximum absolute atomic E-state index is 13.6. The molecule has 4 aromatic rings. The van der Waals surface area contributed by atoms with Crippen LogP contribution in [0.2, 0.25) is 0 Å². The van der Waals surface area contributed by atoms with Crippen LogP contribution in [0.5, 0.6) is 17.2 Å². The van der Waals surface area contributed by atoms with E-state index < -0.39 is 6.04 Å². The normalized spacial score (nSPS) is 15.8. The Morgan fingerprint density at radius 3 is 2.72 bits per heavy atom. The second kappa shape index (κ2) is 8.77. The van der Waals surface area contributed by atoms with E-state index in [-0.39, 0.29) is 12.7 Å². The van der Waals surface area contributed by atoms with Gasteiger partial charge in [0.15, 0.2) is 17.3 Å². The highest BCUT2D eigenvalue weighted by molar-refractivity contribution is 6.06. The Morgan fingerprint density at radius 1 is 1.06 bits per heavy atom. The number of carbonyl (C=O) groups is 1. The molecule has 0 fully saturated rings. The number of methoxy groups -OCH3 is 1. The van der Waals surface area contributed by atoms with Crippen LogP contribution in [-0.2, 0) is 4.79 Å². The molecule has 0 radical (unpaired) electrons. The topological polar surface area (TPSA) is 99.5 Å². The van der Waals surface area contributed by atoms with Crippen LogP contribution in [-0.4, -0.2) is 34.6 Å². The lowest BCUT2D eigenvalue weighted by atomic mass is 9.94. The van der Waals surface area contributed by atoms with E-state index in [4.69, 9.17) is 24.3 Å². The summed E-state index contributed by atoms with van der Waals surface area (Å²) < 4.78 is 18.2. The SMILES string of the molecule is COc1cccc(-c2nc3n(n2)C(c2ccc4c(c2)OCO4)C(C(=O)Nc2ccccc2)=C(C)N3)c1. The summed E-state index contributed by atoms with van der Waals surface area (Å²) in [6, 6.07) is 22.0. The molecule has 1 aromatic heterocycles. The van der Waals surface area contributed by atoms with Gasteiger partial charge in [-0.3, -0.25) is 4.79 Å². The Balaban J connectivity index is 1.46. The highest BCUT2D eigenvalue weighted by Gasteiger charge is 2.35. The minimum atomic E-state index is -0.550. The number of allylic oxidation sites excluding steroid dienone is 1. The Kier molecular flexibility index (Phi) is 5.29. The molecule has 2 aliphatic rings. The smallest absolute Gasteiger partial charge is 0.255 e. The number of nitrogens with one attached hydrogen (secondary N) is 2. The molecule has 0 aliphatic carbocycles. The minimum absolute atomic E-state index is 0.162. The third-order valence-corrected chi connectivity index (χ3v) is 6.17. The average Bonchev–Trinajstić information content (AvgIpc) is 3.55. The molecule has 3 aromatic carbocycles. The highest BCUT2D eigenvalue weighted by Crippen LogP contribution is 2.41. The first kappa shape index (κ1) is 21.7. The molecule has 0 spiro atoms. The van der Waals surface area contributed by atoms with E-state index in [1.807, 2.05) is 79.7 Å². The monoisotopic (exact) mass is 481 g/mol. The van der Waals surface area contributed by atoms with Crippen LogP contribution in [0, 0.1) is 0 Å². The van der Waals surface area contributed by atoms with Gasteiger partial charge in [-0.05, 0) is 48.9 Å². The van der Waals surface area contributed by atoms with Gasteiger partial charge in [0.05, 0.1) is 12.7 Å². The van der Waals surface area contributed by atoms with E-state index in [0.29, 0.717) is 46.0 Å². The molecule has 3 heterocycles. The maximum atomic E-state index is 13.6. The summed E-state index contributed by atoms with van der Waals surface area (Å²) in [5.41, 5.74) is 3.53. The van der Waals surface area contributed by atoms with Gasteiger partial charge < -0.3 is 24.8 Å². The van der Waals surface area contributed by atoms with Crippen molar-refractivity contribution in [3.05, 3.63) is 89.6 Å². The van der Waals surface area contributed by atoms with E-state index >= 15 is 0 Å². The van der Waals surface area contributed by atoms with Crippen LogP contribution in [0.3, 0.4) is 0 Å². The fourth-order valence-corrected chi connectivity index (χ4v) is 4.44. The quantitative estimate of drug-likeness (QED) is 0.429. The number of aromatic nitrogens is 3. The number of carbonyl (C=O) groups excluding carboxylic acids is 1. The molecule has 36 heavy (non-hydrogen) atoms. The first-order valence-electron chi connectivity index (χ1n) is 11.5. The molecular formula is C27H23N5O4. The molecule has 2 N–H and O–H groups in total. The average molecular weight is 482 g/mol. The van der Waals surface area contributed by atoms with Crippen molar-refractivity contribution in [3.8, 4) is 28.6 Å². The number of ether oxygens (including phenoxy) is 3. The first-order valence-corrected chi connectivity index (χ1v) is 11.5. The van der Waals surface area contributed by atoms with Crippen LogP contribution < -0.4 is 24.8 Å². The zero-order valence-electron chi connectivity index (χ0n) is 19.7. The summed E-state index contributed by atoms with van der Waals surface area (Å²) in [4.78, 5) is 18.4. The van der Waals surface area contributed by atoms with Crippen LogP contribution in [0.25, 0.3) is 11.4 Å². The van der Waals surface area contributed by atoms with Crippen LogP contribution in [0.4, 0.5) is 11.6 Å². The number of nitrogens with zero attached hydrogens (tertiary/aromatic N) is 3. The first-order chi connectivity index (χ1) is 17.6. The molecule has 2 aliphatic heterocycles. The van der Waals surface area contributed by atoms with Gasteiger partial charge in [-0.2, -0.15) is 4.98 Å². The number of rotatable bonds is 5. The van der Waals surface area contributed by atoms with Gasteiger partial charge in [-0.25, -0.2) is 4.68 Å². The minimum Gasteiger partial charge on any atom is -0.497 e. The molecule has 0 bridgehead atoms. The van der Waals surface area contributed by atoms with Crippen LogP contribution >= 0.6 is 0 Å². The lowest BCUT2D eigenvalue weighted by molar-refractivity contribution is -0.113. The van der Waals surface area contributed by atoms with Crippen molar-refractivity contribution < 1.29 is 19.0 Å². The number of hydrogen-bond acceptors (Lipinski definition) is 7. The van der Waals surface area contributed by atoms with Crippen molar-refractivity contribution in [2.75, 3.05) is 24.5 Å². The van der Waals surface area contributed by atoms with Crippen LogP contribution in [0.1, 0.15) is 18.5 Å². The summed E-state index contributed by atoms with van der Waals surface area (Å²) in [5.74, 6) is 2.81. The van der Waals surface area contributed by atoms with Crippen molar-refractivity contribution in [2.45, 2.75) is 13.0 Å². The zero-order valence-corrected chi connectivity index (χ0v) is 19.7. The van der Waals surface area contributed by atoms with Crippen molar-refractivity contribution in [2.24, 2.45) is 0 Å². The van der Waals surface area contributed by atoms with Crippen LogP contribution in [0.15, 0.2) is 84.1 Å². The van der Waals surface area contributed by atoms with Gasteiger partial charge in [0.25, 0.3) is 5.91 Å². The Hall–Kier alpha value is -4.79. The van der Waals surface area contributed by atoms with Gasteiger partial charge in [-0.15, -0.1) is 5.10 Å². The molecule has 9 nitrogen and oxygen atoms in total. The van der Waals surface area contributed by atoms with Gasteiger partial charge >= 0.3 is 0 Å². The number of benzene rings is 3. The fourth-order valence-electron chi connectivity index (χ4n) is 4.44. The van der Waals surface area contributed by atoms with Gasteiger partial charge in [0.1, 0.15) is 11.8 Å². The zero-order chi connectivity index (χ0) is 24.6. The van der Waals surface area contributed by atoms with E-state index in [1.54, 1.807) is 11.8 Å². The predicted molar refractivity (Wildman–Crippen MR) is 134 cm³/mol. The number of amides is 1. The second-order valence-corrected chi connectivity index (χ2v) is 8.43. The molecule has 1 atom stereocenters. The van der Waals surface area contributed by atoms with E-state index in [0.717, 1.165) is 11.1 Å². The Labute approximate surface area is 207 Å². The molecular weight excluding hydrogens is 458 g/mol. The van der Waals surface area contributed by atoms with Crippen molar-refractivity contribution in [1.82, 2.24) is 14.8 Å². The van der Waals surface area contributed by atoms with Gasteiger partial charge in [-0.1, -0.05) is 36.4 Å². The van der Waals surface area contributed by atoms with Gasteiger partial charge in [0.2, 0.25) is 12.7 Å².